The number of nitrogens with zero attached hydrogens (tertiary/aromatic N) is 2. The monoisotopic (exact) mass is 254 g/mol. The van der Waals surface area contributed by atoms with E-state index < -0.39 is 0 Å². The van der Waals surface area contributed by atoms with Crippen LogP contribution in [0.5, 0.6) is 0 Å². The Balaban J connectivity index is 2.05. The molecule has 96 valence electrons. The Morgan fingerprint density at radius 2 is 1.74 bits per heavy atom. The van der Waals surface area contributed by atoms with Crippen molar-refractivity contribution in [1.82, 2.24) is 4.90 Å². The maximum Gasteiger partial charge on any atom is 0.124 e. The van der Waals surface area contributed by atoms with Crippen LogP contribution in [0.1, 0.15) is 16.7 Å². The average molecular weight is 254 g/mol. The minimum Gasteiger partial charge on any atom is -0.298 e. The zero-order valence-electron chi connectivity index (χ0n) is 10.8. The first-order valence-corrected chi connectivity index (χ1v) is 6.09. The van der Waals surface area contributed by atoms with Gasteiger partial charge in [0.05, 0.1) is 11.6 Å². The van der Waals surface area contributed by atoms with Crippen molar-refractivity contribution >= 4 is 0 Å². The third-order valence-corrected chi connectivity index (χ3v) is 2.83. The molecule has 0 unspecified atom stereocenters. The summed E-state index contributed by atoms with van der Waals surface area (Å²) in [5, 5.41) is 8.83. The first-order chi connectivity index (χ1) is 9.17. The Kier molecular flexibility index (Phi) is 4.27. The van der Waals surface area contributed by atoms with Gasteiger partial charge in [-0.15, -0.1) is 0 Å². The minimum absolute atomic E-state index is 0.359. The molecule has 0 radical (unpaired) electrons. The molecule has 0 aliphatic carbocycles. The van der Waals surface area contributed by atoms with Gasteiger partial charge in [0.15, 0.2) is 0 Å². The van der Waals surface area contributed by atoms with Gasteiger partial charge in [0.25, 0.3) is 0 Å². The lowest BCUT2D eigenvalue weighted by Crippen LogP contribution is -2.17. The van der Waals surface area contributed by atoms with E-state index in [-0.39, 0.29) is 5.82 Å². The fourth-order valence-electron chi connectivity index (χ4n) is 2.07. The second kappa shape index (κ2) is 6.12. The van der Waals surface area contributed by atoms with Crippen molar-refractivity contribution in [2.75, 3.05) is 7.05 Å². The van der Waals surface area contributed by atoms with Crippen molar-refractivity contribution in [1.29, 1.82) is 5.26 Å². The van der Waals surface area contributed by atoms with Crippen LogP contribution in [0.3, 0.4) is 0 Å². The lowest BCUT2D eigenvalue weighted by atomic mass is 10.1. The third kappa shape index (κ3) is 3.90. The van der Waals surface area contributed by atoms with Crippen LogP contribution < -0.4 is 0 Å². The van der Waals surface area contributed by atoms with Crippen LogP contribution in [0.4, 0.5) is 4.39 Å². The van der Waals surface area contributed by atoms with Crippen molar-refractivity contribution in [3.8, 4) is 6.07 Å². The fraction of sp³-hybridized carbons (Fsp3) is 0.188. The van der Waals surface area contributed by atoms with E-state index in [0.717, 1.165) is 12.1 Å². The van der Waals surface area contributed by atoms with E-state index in [2.05, 4.69) is 17.0 Å². The first-order valence-electron chi connectivity index (χ1n) is 6.09. The van der Waals surface area contributed by atoms with Gasteiger partial charge in [-0.2, -0.15) is 5.26 Å². The predicted molar refractivity (Wildman–Crippen MR) is 72.7 cm³/mol. The molecule has 19 heavy (non-hydrogen) atoms. The molecule has 0 fully saturated rings. The van der Waals surface area contributed by atoms with Gasteiger partial charge in [-0.3, -0.25) is 4.90 Å². The molecule has 3 heteroatoms. The van der Waals surface area contributed by atoms with Crippen molar-refractivity contribution in [2.24, 2.45) is 0 Å². The number of benzene rings is 2. The molecule has 0 bridgehead atoms. The zero-order chi connectivity index (χ0) is 13.7. The quantitative estimate of drug-likeness (QED) is 0.836. The SMILES string of the molecule is CN(Cc1ccccc1)Cc1cc(F)cc(C#N)c1. The standard InChI is InChI=1S/C16H15FN2/c1-19(11-13-5-3-2-4-6-13)12-15-7-14(10-18)8-16(17)9-15/h2-9H,11-12H2,1H3. The largest absolute Gasteiger partial charge is 0.298 e. The highest BCUT2D eigenvalue weighted by Crippen LogP contribution is 2.12. The number of hydrogen-bond acceptors (Lipinski definition) is 2. The Bertz CT molecular complexity index is 587. The molecule has 2 rings (SSSR count). The lowest BCUT2D eigenvalue weighted by molar-refractivity contribution is 0.318. The summed E-state index contributed by atoms with van der Waals surface area (Å²) < 4.78 is 13.3. The average Bonchev–Trinajstić information content (AvgIpc) is 2.38. The van der Waals surface area contributed by atoms with Crippen molar-refractivity contribution in [3.05, 3.63) is 71.0 Å². The molecule has 0 saturated carbocycles. The van der Waals surface area contributed by atoms with E-state index in [4.69, 9.17) is 5.26 Å². The maximum absolute atomic E-state index is 13.3. The highest BCUT2D eigenvalue weighted by molar-refractivity contribution is 5.33. The molecule has 0 amide bonds. The van der Waals surface area contributed by atoms with Crippen LogP contribution in [-0.4, -0.2) is 11.9 Å². The molecule has 0 aromatic heterocycles. The molecule has 0 aliphatic heterocycles. The van der Waals surface area contributed by atoms with Crippen molar-refractivity contribution in [3.63, 3.8) is 0 Å². The zero-order valence-corrected chi connectivity index (χ0v) is 10.8. The van der Waals surface area contributed by atoms with Gasteiger partial charge in [0, 0.05) is 13.1 Å². The van der Waals surface area contributed by atoms with Crippen LogP contribution in [-0.2, 0) is 13.1 Å². The summed E-state index contributed by atoms with van der Waals surface area (Å²) in [4.78, 5) is 2.09. The topological polar surface area (TPSA) is 27.0 Å². The predicted octanol–water partition coefficient (Wildman–Crippen LogP) is 3.33. The van der Waals surface area contributed by atoms with Gasteiger partial charge in [0.2, 0.25) is 0 Å². The molecular formula is C16H15FN2. The van der Waals surface area contributed by atoms with Gasteiger partial charge in [-0.1, -0.05) is 30.3 Å². The summed E-state index contributed by atoms with van der Waals surface area (Å²) in [5.41, 5.74) is 2.39. The molecule has 0 aliphatic rings. The van der Waals surface area contributed by atoms with E-state index in [1.165, 1.54) is 17.7 Å². The summed E-state index contributed by atoms with van der Waals surface area (Å²) >= 11 is 0. The van der Waals surface area contributed by atoms with Crippen molar-refractivity contribution in [2.45, 2.75) is 13.1 Å². The van der Waals surface area contributed by atoms with Crippen LogP contribution in [0.15, 0.2) is 48.5 Å². The number of halogens is 1. The Hall–Kier alpha value is -2.18. The number of nitriles is 1. The summed E-state index contributed by atoms with van der Waals surface area (Å²) in [6.45, 7) is 1.40. The molecule has 2 nitrogen and oxygen atoms in total. The molecule has 2 aromatic carbocycles. The summed E-state index contributed by atoms with van der Waals surface area (Å²) in [6.07, 6.45) is 0. The lowest BCUT2D eigenvalue weighted by Gasteiger charge is -2.17. The molecule has 0 atom stereocenters. The smallest absolute Gasteiger partial charge is 0.124 e. The van der Waals surface area contributed by atoms with Gasteiger partial charge in [0.1, 0.15) is 5.82 Å². The molecule has 0 N–H and O–H groups in total. The molecule has 2 aromatic rings. The van der Waals surface area contributed by atoms with E-state index in [1.54, 1.807) is 6.07 Å². The van der Waals surface area contributed by atoms with Gasteiger partial charge in [-0.05, 0) is 36.4 Å². The highest BCUT2D eigenvalue weighted by atomic mass is 19.1. The van der Waals surface area contributed by atoms with Crippen LogP contribution in [0.25, 0.3) is 0 Å². The minimum atomic E-state index is -0.359. The van der Waals surface area contributed by atoms with Gasteiger partial charge < -0.3 is 0 Å². The van der Waals surface area contributed by atoms with Crippen LogP contribution in [0.2, 0.25) is 0 Å². The number of hydrogen-bond donors (Lipinski definition) is 0. The van der Waals surface area contributed by atoms with E-state index in [0.29, 0.717) is 12.1 Å². The Labute approximate surface area is 112 Å². The van der Waals surface area contributed by atoms with E-state index in [1.807, 2.05) is 31.3 Å². The van der Waals surface area contributed by atoms with Crippen molar-refractivity contribution < 1.29 is 4.39 Å². The second-order valence-corrected chi connectivity index (χ2v) is 4.62. The fourth-order valence-corrected chi connectivity index (χ4v) is 2.07. The molecule has 0 heterocycles. The summed E-state index contributed by atoms with van der Waals surface area (Å²) in [5.74, 6) is -0.359. The summed E-state index contributed by atoms with van der Waals surface area (Å²) in [7, 11) is 1.98. The normalized spacial score (nSPS) is 10.4. The van der Waals surface area contributed by atoms with Gasteiger partial charge in [-0.25, -0.2) is 4.39 Å². The molecule has 0 saturated heterocycles. The second-order valence-electron chi connectivity index (χ2n) is 4.62. The van der Waals surface area contributed by atoms with Crippen LogP contribution in [0, 0.1) is 17.1 Å². The Morgan fingerprint density at radius 3 is 2.42 bits per heavy atom. The van der Waals surface area contributed by atoms with Gasteiger partial charge >= 0.3 is 0 Å². The van der Waals surface area contributed by atoms with E-state index >= 15 is 0 Å². The van der Waals surface area contributed by atoms with Crippen LogP contribution >= 0.6 is 0 Å². The maximum atomic E-state index is 13.3. The molecular weight excluding hydrogens is 239 g/mol. The highest BCUT2D eigenvalue weighted by Gasteiger charge is 2.05. The summed E-state index contributed by atoms with van der Waals surface area (Å²) in [6, 6.07) is 16.5. The van der Waals surface area contributed by atoms with E-state index in [9.17, 15) is 4.39 Å². The Morgan fingerprint density at radius 1 is 1.05 bits per heavy atom. The number of rotatable bonds is 4. The molecule has 0 spiro atoms. The first kappa shape index (κ1) is 13.3. The third-order valence-electron chi connectivity index (χ3n) is 2.83.